The molecule has 1 amide bonds. The summed E-state index contributed by atoms with van der Waals surface area (Å²) in [5.41, 5.74) is 1.53. The Labute approximate surface area is 141 Å². The van der Waals surface area contributed by atoms with Crippen LogP contribution in [0.25, 0.3) is 0 Å². The molecule has 1 aromatic heterocycles. The van der Waals surface area contributed by atoms with Crippen molar-refractivity contribution in [2.45, 2.75) is 19.4 Å². The van der Waals surface area contributed by atoms with Crippen molar-refractivity contribution >= 4 is 11.7 Å². The summed E-state index contributed by atoms with van der Waals surface area (Å²) in [7, 11) is 1.77. The van der Waals surface area contributed by atoms with Gasteiger partial charge in [-0.05, 0) is 36.8 Å². The predicted molar refractivity (Wildman–Crippen MR) is 91.7 cm³/mol. The van der Waals surface area contributed by atoms with Crippen LogP contribution in [0.5, 0.6) is 11.5 Å². The number of nitrogens with one attached hydrogen (secondary N) is 2. The maximum Gasteiger partial charge on any atom is 0.251 e. The van der Waals surface area contributed by atoms with Gasteiger partial charge in [-0.2, -0.15) is 0 Å². The van der Waals surface area contributed by atoms with Crippen molar-refractivity contribution in [3.05, 3.63) is 47.7 Å². The molecule has 2 N–H and O–H groups in total. The van der Waals surface area contributed by atoms with E-state index in [9.17, 15) is 4.79 Å². The van der Waals surface area contributed by atoms with Gasteiger partial charge in [0.1, 0.15) is 5.82 Å². The summed E-state index contributed by atoms with van der Waals surface area (Å²) in [6.07, 6.45) is 2.48. The lowest BCUT2D eigenvalue weighted by molar-refractivity contribution is 0.0939. The molecule has 24 heavy (non-hydrogen) atoms. The number of benzene rings is 1. The molecule has 1 aliphatic rings. The molecular formula is C18H21N3O3. The average molecular weight is 327 g/mol. The van der Waals surface area contributed by atoms with Gasteiger partial charge in [0.2, 0.25) is 0 Å². The van der Waals surface area contributed by atoms with Gasteiger partial charge in [-0.1, -0.05) is 6.07 Å². The Hall–Kier alpha value is -2.76. The molecule has 0 spiro atoms. The van der Waals surface area contributed by atoms with Gasteiger partial charge in [0.25, 0.3) is 5.91 Å². The molecule has 6 heteroatoms. The van der Waals surface area contributed by atoms with Gasteiger partial charge in [-0.25, -0.2) is 4.98 Å². The number of carbonyl (C=O) groups excluding carboxylic acids is 1. The lowest BCUT2D eigenvalue weighted by atomic mass is 10.1. The lowest BCUT2D eigenvalue weighted by Gasteiger charge is -2.16. The minimum atomic E-state index is -0.152. The van der Waals surface area contributed by atoms with Crippen LogP contribution < -0.4 is 20.1 Å². The van der Waals surface area contributed by atoms with Gasteiger partial charge in [0.15, 0.2) is 11.5 Å². The fourth-order valence-corrected chi connectivity index (χ4v) is 2.52. The second-order valence-corrected chi connectivity index (χ2v) is 5.63. The fraction of sp³-hybridized carbons (Fsp3) is 0.333. The van der Waals surface area contributed by atoms with Crippen molar-refractivity contribution in [2.24, 2.45) is 0 Å². The van der Waals surface area contributed by atoms with E-state index in [-0.39, 0.29) is 11.9 Å². The molecule has 3 rings (SSSR count). The third-order valence-corrected chi connectivity index (χ3v) is 3.90. The molecule has 0 saturated heterocycles. The van der Waals surface area contributed by atoms with E-state index >= 15 is 0 Å². The first-order valence-corrected chi connectivity index (χ1v) is 8.01. The highest BCUT2D eigenvalue weighted by Crippen LogP contribution is 2.32. The highest BCUT2D eigenvalue weighted by Gasteiger charge is 2.16. The highest BCUT2D eigenvalue weighted by molar-refractivity contribution is 5.95. The number of pyridine rings is 1. The second kappa shape index (κ2) is 7.21. The maximum absolute atomic E-state index is 12.4. The van der Waals surface area contributed by atoms with Crippen LogP contribution in [-0.2, 0) is 0 Å². The smallest absolute Gasteiger partial charge is 0.251 e. The Balaban J connectivity index is 1.73. The first kappa shape index (κ1) is 16.1. The molecule has 126 valence electrons. The summed E-state index contributed by atoms with van der Waals surface area (Å²) >= 11 is 0. The van der Waals surface area contributed by atoms with Crippen LogP contribution in [0.3, 0.4) is 0 Å². The number of hydrogen-bond donors (Lipinski definition) is 2. The Morgan fingerprint density at radius 2 is 1.96 bits per heavy atom. The van der Waals surface area contributed by atoms with E-state index in [2.05, 4.69) is 15.6 Å². The lowest BCUT2D eigenvalue weighted by Crippen LogP contribution is -2.26. The molecule has 6 nitrogen and oxygen atoms in total. The van der Waals surface area contributed by atoms with E-state index in [0.717, 1.165) is 23.5 Å². The third-order valence-electron chi connectivity index (χ3n) is 3.90. The number of rotatable bonds is 4. The monoisotopic (exact) mass is 327 g/mol. The summed E-state index contributed by atoms with van der Waals surface area (Å²) in [5.74, 6) is 1.99. The first-order chi connectivity index (χ1) is 11.7. The number of nitrogens with zero attached hydrogens (tertiary/aromatic N) is 1. The van der Waals surface area contributed by atoms with E-state index in [1.54, 1.807) is 25.4 Å². The number of carbonyl (C=O) groups is 1. The number of fused-ring (bicyclic) bond motifs is 1. The molecule has 0 radical (unpaired) electrons. The number of hydrogen-bond acceptors (Lipinski definition) is 5. The van der Waals surface area contributed by atoms with Crippen LogP contribution in [0.1, 0.15) is 35.3 Å². The zero-order valence-corrected chi connectivity index (χ0v) is 13.8. The van der Waals surface area contributed by atoms with Crippen molar-refractivity contribution in [1.82, 2.24) is 10.3 Å². The van der Waals surface area contributed by atoms with E-state index in [1.807, 2.05) is 25.1 Å². The second-order valence-electron chi connectivity index (χ2n) is 5.63. The van der Waals surface area contributed by atoms with Crippen LogP contribution in [-0.4, -0.2) is 31.2 Å². The van der Waals surface area contributed by atoms with Crippen LogP contribution in [0, 0.1) is 0 Å². The Kier molecular flexibility index (Phi) is 4.84. The molecule has 0 saturated carbocycles. The highest BCUT2D eigenvalue weighted by atomic mass is 16.5. The molecule has 0 fully saturated rings. The Bertz CT molecular complexity index is 733. The summed E-state index contributed by atoms with van der Waals surface area (Å²) in [6.45, 7) is 3.24. The molecule has 1 aliphatic heterocycles. The zero-order chi connectivity index (χ0) is 16.9. The molecule has 1 aromatic carbocycles. The summed E-state index contributed by atoms with van der Waals surface area (Å²) in [4.78, 5) is 16.5. The molecular weight excluding hydrogens is 306 g/mol. The summed E-state index contributed by atoms with van der Waals surface area (Å²) in [6, 6.07) is 9.03. The third kappa shape index (κ3) is 3.59. The van der Waals surface area contributed by atoms with Crippen LogP contribution in [0.15, 0.2) is 36.5 Å². The zero-order valence-electron chi connectivity index (χ0n) is 13.8. The predicted octanol–water partition coefficient (Wildman–Crippen LogP) is 2.78. The minimum absolute atomic E-state index is 0.145. The number of anilines is 1. The Morgan fingerprint density at radius 3 is 2.75 bits per heavy atom. The van der Waals surface area contributed by atoms with Gasteiger partial charge in [-0.15, -0.1) is 0 Å². The molecule has 2 heterocycles. The maximum atomic E-state index is 12.4. The van der Waals surface area contributed by atoms with Gasteiger partial charge in [-0.3, -0.25) is 4.79 Å². The van der Waals surface area contributed by atoms with Gasteiger partial charge in [0, 0.05) is 25.2 Å². The average Bonchev–Trinajstić information content (AvgIpc) is 2.86. The summed E-state index contributed by atoms with van der Waals surface area (Å²) in [5, 5.41) is 5.92. The normalized spacial score (nSPS) is 14.4. The van der Waals surface area contributed by atoms with Gasteiger partial charge >= 0.3 is 0 Å². The minimum Gasteiger partial charge on any atom is -0.490 e. The first-order valence-electron chi connectivity index (χ1n) is 8.01. The van der Waals surface area contributed by atoms with E-state index in [0.29, 0.717) is 24.6 Å². The van der Waals surface area contributed by atoms with E-state index in [1.165, 1.54) is 0 Å². The number of amides is 1. The van der Waals surface area contributed by atoms with Crippen LogP contribution >= 0.6 is 0 Å². The molecule has 0 aliphatic carbocycles. The van der Waals surface area contributed by atoms with Crippen molar-refractivity contribution in [3.63, 3.8) is 0 Å². The number of ether oxygens (including phenoxy) is 2. The fourth-order valence-electron chi connectivity index (χ4n) is 2.52. The van der Waals surface area contributed by atoms with Gasteiger partial charge in [0.05, 0.1) is 19.3 Å². The Morgan fingerprint density at radius 1 is 1.17 bits per heavy atom. The molecule has 1 atom stereocenters. The van der Waals surface area contributed by atoms with E-state index in [4.69, 9.17) is 9.47 Å². The summed E-state index contributed by atoms with van der Waals surface area (Å²) < 4.78 is 11.3. The standard InChI is InChI=1S/C18H21N3O3/c1-12(21-18(22)14-6-7-20-17(11-14)19-2)13-4-5-15-16(10-13)24-9-3-8-23-15/h4-7,10-12H,3,8-9H2,1-2H3,(H,19,20)(H,21,22). The van der Waals surface area contributed by atoms with Crippen molar-refractivity contribution < 1.29 is 14.3 Å². The van der Waals surface area contributed by atoms with E-state index < -0.39 is 0 Å². The van der Waals surface area contributed by atoms with Crippen molar-refractivity contribution in [1.29, 1.82) is 0 Å². The largest absolute Gasteiger partial charge is 0.490 e. The van der Waals surface area contributed by atoms with Crippen molar-refractivity contribution in [3.8, 4) is 11.5 Å². The quantitative estimate of drug-likeness (QED) is 0.903. The topological polar surface area (TPSA) is 72.5 Å². The number of aromatic nitrogens is 1. The molecule has 2 aromatic rings. The SMILES string of the molecule is CNc1cc(C(=O)NC(C)c2ccc3c(c2)OCCCO3)ccn1. The molecule has 1 unspecified atom stereocenters. The molecule has 0 bridgehead atoms. The van der Waals surface area contributed by atoms with Gasteiger partial charge < -0.3 is 20.1 Å². The van der Waals surface area contributed by atoms with Crippen molar-refractivity contribution in [2.75, 3.05) is 25.6 Å². The van der Waals surface area contributed by atoms with Crippen LogP contribution in [0.2, 0.25) is 0 Å². The van der Waals surface area contributed by atoms with Crippen LogP contribution in [0.4, 0.5) is 5.82 Å².